The van der Waals surface area contributed by atoms with E-state index >= 15 is 0 Å². The zero-order valence-corrected chi connectivity index (χ0v) is 9.63. The van der Waals surface area contributed by atoms with E-state index in [1.165, 1.54) is 7.11 Å². The number of aromatic nitrogens is 1. The highest BCUT2D eigenvalue weighted by Gasteiger charge is 2.44. The van der Waals surface area contributed by atoms with Crippen molar-refractivity contribution in [3.05, 3.63) is 23.9 Å². The molecule has 0 spiro atoms. The zero-order valence-electron chi connectivity index (χ0n) is 9.63. The number of fused-ring (bicyclic) bond motifs is 1. The minimum absolute atomic E-state index is 0.0242. The summed E-state index contributed by atoms with van der Waals surface area (Å²) in [6.07, 6.45) is 3.18. The van der Waals surface area contributed by atoms with E-state index in [1.54, 1.807) is 18.3 Å². The Kier molecular flexibility index (Phi) is 2.48. The molecule has 0 N–H and O–H groups in total. The third-order valence-corrected chi connectivity index (χ3v) is 3.25. The Morgan fingerprint density at radius 1 is 1.59 bits per heavy atom. The van der Waals surface area contributed by atoms with Gasteiger partial charge in [0, 0.05) is 19.3 Å². The maximum atomic E-state index is 12.3. The molecule has 2 atom stereocenters. The van der Waals surface area contributed by atoms with Gasteiger partial charge in [0.15, 0.2) is 0 Å². The Bertz CT molecular complexity index is 449. The van der Waals surface area contributed by atoms with Crippen LogP contribution in [0.4, 0.5) is 0 Å². The van der Waals surface area contributed by atoms with Crippen molar-refractivity contribution in [3.63, 3.8) is 0 Å². The number of hydrogen-bond donors (Lipinski definition) is 0. The molecule has 0 aromatic carbocycles. The van der Waals surface area contributed by atoms with Crippen LogP contribution in [0.15, 0.2) is 18.3 Å². The largest absolute Gasteiger partial charge is 0.480 e. The fraction of sp³-hybridized carbons (Fsp3) is 0.500. The third-order valence-electron chi connectivity index (χ3n) is 3.25. The highest BCUT2D eigenvalue weighted by molar-refractivity contribution is 5.96. The second-order valence-electron chi connectivity index (χ2n) is 4.31. The van der Waals surface area contributed by atoms with Gasteiger partial charge in [0.2, 0.25) is 5.88 Å². The maximum absolute atomic E-state index is 12.3. The topological polar surface area (TPSA) is 55.0 Å². The van der Waals surface area contributed by atoms with E-state index in [0.29, 0.717) is 24.1 Å². The number of methoxy groups -OCH3 is 1. The molecule has 1 aromatic rings. The van der Waals surface area contributed by atoms with Crippen LogP contribution in [-0.2, 0) is 4.74 Å². The van der Waals surface area contributed by atoms with Crippen LogP contribution in [0.3, 0.4) is 0 Å². The first-order valence-electron chi connectivity index (χ1n) is 5.73. The molecule has 0 unspecified atom stereocenters. The van der Waals surface area contributed by atoms with Crippen LogP contribution < -0.4 is 4.74 Å². The van der Waals surface area contributed by atoms with Crippen LogP contribution in [0.1, 0.15) is 16.8 Å². The number of epoxide rings is 1. The Morgan fingerprint density at radius 2 is 2.47 bits per heavy atom. The van der Waals surface area contributed by atoms with Crippen molar-refractivity contribution in [3.8, 4) is 5.88 Å². The quantitative estimate of drug-likeness (QED) is 0.707. The first-order valence-corrected chi connectivity index (χ1v) is 5.73. The Labute approximate surface area is 99.3 Å². The first-order chi connectivity index (χ1) is 8.29. The smallest absolute Gasteiger partial charge is 0.259 e. The molecular formula is C12H14N2O3. The molecule has 90 valence electrons. The summed E-state index contributed by atoms with van der Waals surface area (Å²) < 4.78 is 10.5. The molecule has 0 radical (unpaired) electrons. The predicted octanol–water partition coefficient (Wildman–Crippen LogP) is 0.703. The van der Waals surface area contributed by atoms with E-state index in [9.17, 15) is 4.79 Å². The molecule has 1 amide bonds. The van der Waals surface area contributed by atoms with Gasteiger partial charge >= 0.3 is 0 Å². The number of hydrogen-bond acceptors (Lipinski definition) is 4. The zero-order chi connectivity index (χ0) is 11.8. The fourth-order valence-corrected chi connectivity index (χ4v) is 2.26. The second kappa shape index (κ2) is 4.00. The minimum atomic E-state index is -0.0242. The van der Waals surface area contributed by atoms with Gasteiger partial charge in [-0.25, -0.2) is 4.98 Å². The lowest BCUT2D eigenvalue weighted by atomic mass is 10.1. The molecule has 0 bridgehead atoms. The lowest BCUT2D eigenvalue weighted by Gasteiger charge is -2.24. The Hall–Kier alpha value is -1.62. The number of rotatable bonds is 2. The van der Waals surface area contributed by atoms with E-state index in [2.05, 4.69) is 4.98 Å². The lowest BCUT2D eigenvalue weighted by Crippen LogP contribution is -2.39. The molecule has 5 heteroatoms. The molecule has 2 saturated heterocycles. The van der Waals surface area contributed by atoms with Gasteiger partial charge in [0.05, 0.1) is 13.2 Å². The summed E-state index contributed by atoms with van der Waals surface area (Å²) in [7, 11) is 1.52. The molecule has 0 aliphatic carbocycles. The standard InChI is InChI=1S/C12H14N2O3/c1-16-11-8(3-2-5-13-11)12(15)14-6-4-9-10(7-14)17-9/h2-3,5,9-10H,4,6-7H2,1H3/t9-,10+/m1/s1. The van der Waals surface area contributed by atoms with Crippen molar-refractivity contribution < 1.29 is 14.3 Å². The van der Waals surface area contributed by atoms with Gasteiger partial charge in [-0.15, -0.1) is 0 Å². The van der Waals surface area contributed by atoms with Crippen molar-refractivity contribution >= 4 is 5.91 Å². The number of ether oxygens (including phenoxy) is 2. The molecule has 2 fully saturated rings. The number of pyridine rings is 1. The van der Waals surface area contributed by atoms with Crippen LogP contribution in [0, 0.1) is 0 Å². The summed E-state index contributed by atoms with van der Waals surface area (Å²) >= 11 is 0. The summed E-state index contributed by atoms with van der Waals surface area (Å²) in [5.74, 6) is 0.361. The van der Waals surface area contributed by atoms with E-state index < -0.39 is 0 Å². The molecule has 3 heterocycles. The van der Waals surface area contributed by atoms with Crippen molar-refractivity contribution in [1.29, 1.82) is 0 Å². The van der Waals surface area contributed by atoms with Crippen molar-refractivity contribution in [2.75, 3.05) is 20.2 Å². The number of amides is 1. The van der Waals surface area contributed by atoms with Gasteiger partial charge in [-0.2, -0.15) is 0 Å². The number of piperidine rings is 1. The molecule has 0 saturated carbocycles. The molecule has 1 aromatic heterocycles. The summed E-state index contributed by atoms with van der Waals surface area (Å²) in [4.78, 5) is 18.1. The average Bonchev–Trinajstić information content (AvgIpc) is 3.16. The lowest BCUT2D eigenvalue weighted by molar-refractivity contribution is 0.0732. The minimum Gasteiger partial charge on any atom is -0.480 e. The molecule has 2 aliphatic heterocycles. The van der Waals surface area contributed by atoms with Gasteiger partial charge in [-0.05, 0) is 18.6 Å². The average molecular weight is 234 g/mol. The van der Waals surface area contributed by atoms with Crippen LogP contribution in [0.2, 0.25) is 0 Å². The van der Waals surface area contributed by atoms with E-state index in [1.807, 2.05) is 4.90 Å². The molecule has 2 aliphatic rings. The third kappa shape index (κ3) is 1.86. The number of nitrogens with zero attached hydrogens (tertiary/aromatic N) is 2. The van der Waals surface area contributed by atoms with E-state index in [0.717, 1.165) is 13.0 Å². The normalized spacial score (nSPS) is 26.3. The molecule has 17 heavy (non-hydrogen) atoms. The number of carbonyl (C=O) groups excluding carboxylic acids is 1. The van der Waals surface area contributed by atoms with Gasteiger partial charge in [0.25, 0.3) is 5.91 Å². The van der Waals surface area contributed by atoms with E-state index in [-0.39, 0.29) is 12.0 Å². The SMILES string of the molecule is COc1ncccc1C(=O)N1CC[C@H]2O[C@H]2C1. The van der Waals surface area contributed by atoms with Crippen LogP contribution >= 0.6 is 0 Å². The van der Waals surface area contributed by atoms with Crippen molar-refractivity contribution in [1.82, 2.24) is 9.88 Å². The highest BCUT2D eigenvalue weighted by Crippen LogP contribution is 2.31. The molecular weight excluding hydrogens is 220 g/mol. The predicted molar refractivity (Wildman–Crippen MR) is 60.0 cm³/mol. The highest BCUT2D eigenvalue weighted by atomic mass is 16.6. The summed E-state index contributed by atoms with van der Waals surface area (Å²) in [5.41, 5.74) is 0.522. The van der Waals surface area contributed by atoms with Gasteiger partial charge < -0.3 is 14.4 Å². The van der Waals surface area contributed by atoms with Gasteiger partial charge in [-0.3, -0.25) is 4.79 Å². The summed E-state index contributed by atoms with van der Waals surface area (Å²) in [6, 6.07) is 3.49. The van der Waals surface area contributed by atoms with Crippen LogP contribution in [-0.4, -0.2) is 48.2 Å². The van der Waals surface area contributed by atoms with Crippen LogP contribution in [0.25, 0.3) is 0 Å². The van der Waals surface area contributed by atoms with Gasteiger partial charge in [0.1, 0.15) is 11.7 Å². The Morgan fingerprint density at radius 3 is 3.24 bits per heavy atom. The van der Waals surface area contributed by atoms with Crippen molar-refractivity contribution in [2.24, 2.45) is 0 Å². The van der Waals surface area contributed by atoms with Crippen molar-refractivity contribution in [2.45, 2.75) is 18.6 Å². The summed E-state index contributed by atoms with van der Waals surface area (Å²) in [5, 5.41) is 0. The van der Waals surface area contributed by atoms with Gasteiger partial charge in [-0.1, -0.05) is 0 Å². The summed E-state index contributed by atoms with van der Waals surface area (Å²) in [6.45, 7) is 1.43. The number of likely N-dealkylation sites (tertiary alicyclic amines) is 1. The van der Waals surface area contributed by atoms with Crippen LogP contribution in [0.5, 0.6) is 5.88 Å². The Balaban J connectivity index is 1.80. The monoisotopic (exact) mass is 234 g/mol. The molecule has 5 nitrogen and oxygen atoms in total. The van der Waals surface area contributed by atoms with E-state index in [4.69, 9.17) is 9.47 Å². The molecule has 3 rings (SSSR count). The maximum Gasteiger partial charge on any atom is 0.259 e. The fourth-order valence-electron chi connectivity index (χ4n) is 2.26. The first kappa shape index (κ1) is 10.5. The number of carbonyl (C=O) groups is 1. The second-order valence-corrected chi connectivity index (χ2v) is 4.31.